The van der Waals surface area contributed by atoms with E-state index in [1.807, 2.05) is 54.6 Å². The standard InChI is InChI=1S/C42H51N8O5P/c1-28(2)39(51)46-41-45-38-37(40(52)47-41)44-27-49(38)36-25-34(35(55-36)26-54-56(53-24-16-23-43)50(29(3)4)30(5)6)48-42(31-17-10-7-11-18-31,32-19-12-8-13-20-32)33-21-14-9-15-22-33/h7-15,17-22,27-30,34-36,48H,16,24-26H2,1-6H3,(H2,45,46,47,51,52)/t34-,35-,36-,56?/m1/s1. The van der Waals surface area contributed by atoms with Gasteiger partial charge in [0.15, 0.2) is 11.2 Å². The van der Waals surface area contributed by atoms with Crippen LogP contribution in [-0.4, -0.2) is 67.5 Å². The summed E-state index contributed by atoms with van der Waals surface area (Å²) in [5, 5.41) is 16.1. The molecule has 294 valence electrons. The summed E-state index contributed by atoms with van der Waals surface area (Å²) in [5.41, 5.74) is 2.25. The van der Waals surface area contributed by atoms with E-state index in [1.54, 1.807) is 24.7 Å². The van der Waals surface area contributed by atoms with Gasteiger partial charge in [0.1, 0.15) is 6.23 Å². The van der Waals surface area contributed by atoms with E-state index >= 15 is 0 Å². The maximum atomic E-state index is 13.2. The average Bonchev–Trinajstić information content (AvgIpc) is 3.80. The van der Waals surface area contributed by atoms with E-state index < -0.39 is 32.0 Å². The summed E-state index contributed by atoms with van der Waals surface area (Å²) in [6, 6.07) is 33.1. The lowest BCUT2D eigenvalue weighted by atomic mass is 9.76. The van der Waals surface area contributed by atoms with Crippen molar-refractivity contribution in [2.24, 2.45) is 5.92 Å². The zero-order chi connectivity index (χ0) is 39.8. The van der Waals surface area contributed by atoms with Gasteiger partial charge in [0, 0.05) is 30.5 Å². The van der Waals surface area contributed by atoms with Gasteiger partial charge < -0.3 is 13.8 Å². The van der Waals surface area contributed by atoms with E-state index in [0.29, 0.717) is 6.42 Å². The van der Waals surface area contributed by atoms with Gasteiger partial charge in [-0.2, -0.15) is 10.2 Å². The Morgan fingerprint density at radius 3 is 2.05 bits per heavy atom. The molecule has 3 heterocycles. The van der Waals surface area contributed by atoms with E-state index in [9.17, 15) is 14.9 Å². The third-order valence-electron chi connectivity index (χ3n) is 9.78. The lowest BCUT2D eigenvalue weighted by molar-refractivity contribution is -0.118. The number of nitriles is 1. The molecule has 56 heavy (non-hydrogen) atoms. The molecule has 1 unspecified atom stereocenters. The monoisotopic (exact) mass is 778 g/mol. The Morgan fingerprint density at radius 2 is 1.54 bits per heavy atom. The molecule has 1 aliphatic heterocycles. The zero-order valence-electron chi connectivity index (χ0n) is 32.8. The molecule has 0 saturated carbocycles. The number of amides is 1. The second-order valence-electron chi connectivity index (χ2n) is 14.7. The summed E-state index contributed by atoms with van der Waals surface area (Å²) in [4.78, 5) is 37.5. The number of imidazole rings is 1. The number of carbonyl (C=O) groups excluding carboxylic acids is 1. The number of nitrogens with zero attached hydrogens (tertiary/aromatic N) is 5. The first-order valence-corrected chi connectivity index (χ1v) is 20.2. The highest BCUT2D eigenvalue weighted by Crippen LogP contribution is 2.47. The number of ether oxygens (including phenoxy) is 1. The lowest BCUT2D eigenvalue weighted by Gasteiger charge is -2.40. The molecule has 1 fully saturated rings. The van der Waals surface area contributed by atoms with Crippen molar-refractivity contribution in [2.75, 3.05) is 18.5 Å². The number of nitrogens with one attached hydrogen (secondary N) is 3. The summed E-state index contributed by atoms with van der Waals surface area (Å²) in [5.74, 6) is -0.557. The molecule has 0 bridgehead atoms. The zero-order valence-corrected chi connectivity index (χ0v) is 33.6. The molecule has 6 rings (SSSR count). The van der Waals surface area contributed by atoms with Gasteiger partial charge in [-0.3, -0.25) is 29.8 Å². The second-order valence-corrected chi connectivity index (χ2v) is 16.1. The quantitative estimate of drug-likeness (QED) is 0.0499. The topological polar surface area (TPSA) is 159 Å². The smallest absolute Gasteiger partial charge is 0.280 e. The number of H-pyrrole nitrogens is 1. The summed E-state index contributed by atoms with van der Waals surface area (Å²) in [6.07, 6.45) is 1.10. The molecule has 3 N–H and O–H groups in total. The SMILES string of the molecule is CC(C)C(=O)Nc1nc2c(ncn2[C@H]2C[C@@H](NC(c3ccccc3)(c3ccccc3)c3ccccc3)[C@@H](COP(OCCC#N)N(C(C)C)C(C)C)O2)c(=O)[nH]1. The molecule has 0 radical (unpaired) electrons. The van der Waals surface area contributed by atoms with Crippen molar-refractivity contribution in [1.29, 1.82) is 5.26 Å². The molecular weight excluding hydrogens is 727 g/mol. The number of aromatic nitrogens is 4. The molecule has 1 saturated heterocycles. The number of benzene rings is 3. The number of aromatic amines is 1. The van der Waals surface area contributed by atoms with Crippen molar-refractivity contribution in [2.45, 2.75) is 90.4 Å². The van der Waals surface area contributed by atoms with E-state index in [4.69, 9.17) is 13.8 Å². The van der Waals surface area contributed by atoms with Crippen LogP contribution in [0, 0.1) is 17.2 Å². The third-order valence-corrected chi connectivity index (χ3v) is 11.9. The van der Waals surface area contributed by atoms with E-state index in [0.717, 1.165) is 16.7 Å². The van der Waals surface area contributed by atoms with Crippen molar-refractivity contribution in [3.63, 3.8) is 0 Å². The van der Waals surface area contributed by atoms with Gasteiger partial charge in [-0.15, -0.1) is 0 Å². The fraction of sp³-hybridized carbons (Fsp3) is 0.405. The molecule has 13 nitrogen and oxygen atoms in total. The molecule has 0 aliphatic carbocycles. The highest BCUT2D eigenvalue weighted by atomic mass is 31.2. The molecule has 1 aliphatic rings. The number of hydrogen-bond donors (Lipinski definition) is 3. The Bertz CT molecular complexity index is 2030. The van der Waals surface area contributed by atoms with Gasteiger partial charge in [-0.05, 0) is 44.4 Å². The van der Waals surface area contributed by atoms with Gasteiger partial charge in [-0.1, -0.05) is 105 Å². The predicted octanol–water partition coefficient (Wildman–Crippen LogP) is 7.24. The van der Waals surface area contributed by atoms with Crippen LogP contribution in [0.25, 0.3) is 11.2 Å². The van der Waals surface area contributed by atoms with Gasteiger partial charge >= 0.3 is 0 Å². The Kier molecular flexibility index (Phi) is 13.4. The predicted molar refractivity (Wildman–Crippen MR) is 217 cm³/mol. The number of anilines is 1. The molecule has 4 atom stereocenters. The second kappa shape index (κ2) is 18.4. The minimum absolute atomic E-state index is 0.0365. The van der Waals surface area contributed by atoms with Crippen LogP contribution in [0.5, 0.6) is 0 Å². The minimum Gasteiger partial charge on any atom is -0.351 e. The number of carbonyl (C=O) groups is 1. The number of rotatable bonds is 17. The number of fused-ring (bicyclic) bond motifs is 1. The van der Waals surface area contributed by atoms with Crippen LogP contribution >= 0.6 is 8.53 Å². The van der Waals surface area contributed by atoms with E-state index in [1.165, 1.54) is 0 Å². The Balaban J connectivity index is 1.44. The highest BCUT2D eigenvalue weighted by Gasteiger charge is 2.45. The van der Waals surface area contributed by atoms with Crippen molar-refractivity contribution < 1.29 is 18.6 Å². The largest absolute Gasteiger partial charge is 0.351 e. The maximum Gasteiger partial charge on any atom is 0.280 e. The van der Waals surface area contributed by atoms with E-state index in [2.05, 4.69) is 100 Å². The fourth-order valence-electron chi connectivity index (χ4n) is 7.21. The van der Waals surface area contributed by atoms with Crippen molar-refractivity contribution in [3.05, 3.63) is 124 Å². The Labute approximate surface area is 329 Å². The molecule has 3 aromatic carbocycles. The van der Waals surface area contributed by atoms with Gasteiger partial charge in [-0.25, -0.2) is 9.65 Å². The van der Waals surface area contributed by atoms with Gasteiger partial charge in [0.25, 0.3) is 14.1 Å². The molecule has 5 aromatic rings. The molecule has 0 spiro atoms. The number of hydrogen-bond acceptors (Lipinski definition) is 10. The summed E-state index contributed by atoms with van der Waals surface area (Å²) >= 11 is 0. The van der Waals surface area contributed by atoms with Gasteiger partial charge in [0.2, 0.25) is 11.9 Å². The third kappa shape index (κ3) is 8.92. The van der Waals surface area contributed by atoms with Crippen LogP contribution in [0.15, 0.2) is 102 Å². The van der Waals surface area contributed by atoms with Crippen molar-refractivity contribution >= 4 is 31.5 Å². The summed E-state index contributed by atoms with van der Waals surface area (Å²) < 4.78 is 23.9. The minimum atomic E-state index is -1.57. The van der Waals surface area contributed by atoms with Crippen LogP contribution in [0.2, 0.25) is 0 Å². The van der Waals surface area contributed by atoms with Crippen molar-refractivity contribution in [3.8, 4) is 6.07 Å². The van der Waals surface area contributed by atoms with E-state index in [-0.39, 0.29) is 66.7 Å². The van der Waals surface area contributed by atoms with Crippen LogP contribution in [0.1, 0.15) is 77.3 Å². The first-order chi connectivity index (χ1) is 27.0. The first-order valence-electron chi connectivity index (χ1n) is 19.1. The molecule has 14 heteroatoms. The molecule has 2 aromatic heterocycles. The van der Waals surface area contributed by atoms with Crippen LogP contribution in [-0.2, 0) is 24.1 Å². The van der Waals surface area contributed by atoms with Crippen LogP contribution in [0.4, 0.5) is 5.95 Å². The lowest BCUT2D eigenvalue weighted by Crippen LogP contribution is -2.53. The Morgan fingerprint density at radius 1 is 0.964 bits per heavy atom. The average molecular weight is 779 g/mol. The van der Waals surface area contributed by atoms with Crippen LogP contribution < -0.4 is 16.2 Å². The highest BCUT2D eigenvalue weighted by molar-refractivity contribution is 7.44. The van der Waals surface area contributed by atoms with Crippen molar-refractivity contribution in [1.82, 2.24) is 29.5 Å². The fourth-order valence-corrected chi connectivity index (χ4v) is 8.83. The summed E-state index contributed by atoms with van der Waals surface area (Å²) in [6.45, 7) is 12.3. The summed E-state index contributed by atoms with van der Waals surface area (Å²) in [7, 11) is -1.57. The Hall–Kier alpha value is -4.80. The van der Waals surface area contributed by atoms with Crippen LogP contribution in [0.3, 0.4) is 0 Å². The van der Waals surface area contributed by atoms with Gasteiger partial charge in [0.05, 0.1) is 43.7 Å². The molecule has 1 amide bonds. The molecular formula is C42H51N8O5P. The first kappa shape index (κ1) is 40.9. The maximum absolute atomic E-state index is 13.2. The normalized spacial score (nSPS) is 17.9.